The standard InChI is InChI=1S/C15H26O3/c1-4-18-15(17)12-7-5-6-10-14(16)11-8-9-13(2)3/h9H,4-8,10-12H2,1-3H3. The Kier molecular flexibility index (Phi) is 10.3. The Balaban J connectivity index is 3.41. The maximum absolute atomic E-state index is 11.5. The molecule has 0 heterocycles. The molecule has 0 bridgehead atoms. The zero-order valence-electron chi connectivity index (χ0n) is 12.0. The smallest absolute Gasteiger partial charge is 0.305 e. The average molecular weight is 254 g/mol. The van der Waals surface area contributed by atoms with Crippen LogP contribution in [-0.2, 0) is 14.3 Å². The molecule has 0 aromatic heterocycles. The molecule has 0 saturated carbocycles. The molecular formula is C15H26O3. The minimum atomic E-state index is -0.132. The topological polar surface area (TPSA) is 43.4 Å². The van der Waals surface area contributed by atoms with Gasteiger partial charge in [0.2, 0.25) is 0 Å². The Morgan fingerprint density at radius 2 is 1.67 bits per heavy atom. The zero-order chi connectivity index (χ0) is 13.8. The fourth-order valence-electron chi connectivity index (χ4n) is 1.65. The number of carbonyl (C=O) groups is 2. The molecule has 0 N–H and O–H groups in total. The van der Waals surface area contributed by atoms with E-state index in [4.69, 9.17) is 4.74 Å². The molecule has 0 aromatic rings. The highest BCUT2D eigenvalue weighted by molar-refractivity contribution is 5.78. The maximum atomic E-state index is 11.5. The van der Waals surface area contributed by atoms with Crippen LogP contribution in [0.5, 0.6) is 0 Å². The third-order valence-electron chi connectivity index (χ3n) is 2.62. The second-order valence-electron chi connectivity index (χ2n) is 4.72. The van der Waals surface area contributed by atoms with E-state index in [-0.39, 0.29) is 5.97 Å². The van der Waals surface area contributed by atoms with Crippen LogP contribution >= 0.6 is 0 Å². The largest absolute Gasteiger partial charge is 0.466 e. The molecule has 0 atom stereocenters. The maximum Gasteiger partial charge on any atom is 0.305 e. The first kappa shape index (κ1) is 16.9. The summed E-state index contributed by atoms with van der Waals surface area (Å²) in [7, 11) is 0. The minimum absolute atomic E-state index is 0.132. The van der Waals surface area contributed by atoms with Crippen molar-refractivity contribution in [1.82, 2.24) is 0 Å². The fourth-order valence-corrected chi connectivity index (χ4v) is 1.65. The molecular weight excluding hydrogens is 228 g/mol. The van der Waals surface area contributed by atoms with Crippen molar-refractivity contribution < 1.29 is 14.3 Å². The molecule has 18 heavy (non-hydrogen) atoms. The van der Waals surface area contributed by atoms with Gasteiger partial charge < -0.3 is 4.74 Å². The number of ketones is 1. The van der Waals surface area contributed by atoms with Gasteiger partial charge in [-0.3, -0.25) is 9.59 Å². The van der Waals surface area contributed by atoms with E-state index in [0.29, 0.717) is 31.7 Å². The van der Waals surface area contributed by atoms with E-state index in [2.05, 4.69) is 6.08 Å². The van der Waals surface area contributed by atoms with Crippen LogP contribution < -0.4 is 0 Å². The summed E-state index contributed by atoms with van der Waals surface area (Å²) in [6.07, 6.45) is 7.32. The van der Waals surface area contributed by atoms with Crippen molar-refractivity contribution in [2.75, 3.05) is 6.61 Å². The van der Waals surface area contributed by atoms with Crippen molar-refractivity contribution in [3.63, 3.8) is 0 Å². The normalized spacial score (nSPS) is 9.94. The van der Waals surface area contributed by atoms with Crippen molar-refractivity contribution in [2.24, 2.45) is 0 Å². The second kappa shape index (κ2) is 11.0. The van der Waals surface area contributed by atoms with Crippen molar-refractivity contribution in [2.45, 2.75) is 65.7 Å². The Morgan fingerprint density at radius 3 is 2.28 bits per heavy atom. The highest BCUT2D eigenvalue weighted by Crippen LogP contribution is 2.07. The SMILES string of the molecule is CCOC(=O)CCCCCC(=O)CCC=C(C)C. The highest BCUT2D eigenvalue weighted by Gasteiger charge is 2.03. The molecule has 0 aliphatic carbocycles. The minimum Gasteiger partial charge on any atom is -0.466 e. The molecule has 0 aliphatic heterocycles. The summed E-state index contributed by atoms with van der Waals surface area (Å²) in [6.45, 7) is 6.34. The number of hydrogen-bond donors (Lipinski definition) is 0. The Labute approximate surface area is 111 Å². The first-order valence-corrected chi connectivity index (χ1v) is 6.87. The summed E-state index contributed by atoms with van der Waals surface area (Å²) in [5.41, 5.74) is 1.26. The van der Waals surface area contributed by atoms with Crippen LogP contribution in [0.15, 0.2) is 11.6 Å². The first-order chi connectivity index (χ1) is 8.56. The molecule has 3 nitrogen and oxygen atoms in total. The van der Waals surface area contributed by atoms with Crippen LogP contribution in [0.25, 0.3) is 0 Å². The first-order valence-electron chi connectivity index (χ1n) is 6.87. The third-order valence-corrected chi connectivity index (χ3v) is 2.62. The summed E-state index contributed by atoms with van der Waals surface area (Å²) in [5, 5.41) is 0. The number of rotatable bonds is 10. The molecule has 0 unspecified atom stereocenters. The summed E-state index contributed by atoms with van der Waals surface area (Å²) < 4.78 is 4.83. The fraction of sp³-hybridized carbons (Fsp3) is 0.733. The van der Waals surface area contributed by atoms with Gasteiger partial charge in [0.25, 0.3) is 0 Å². The van der Waals surface area contributed by atoms with E-state index in [1.54, 1.807) is 0 Å². The van der Waals surface area contributed by atoms with Crippen LogP contribution in [0.3, 0.4) is 0 Å². The third kappa shape index (κ3) is 11.4. The average Bonchev–Trinajstić information content (AvgIpc) is 2.28. The zero-order valence-corrected chi connectivity index (χ0v) is 12.0. The van der Waals surface area contributed by atoms with Crippen LogP contribution in [0, 0.1) is 0 Å². The quantitative estimate of drug-likeness (QED) is 0.338. The number of ether oxygens (including phenoxy) is 1. The summed E-state index contributed by atoms with van der Waals surface area (Å²) in [5.74, 6) is 0.191. The number of esters is 1. The molecule has 0 rings (SSSR count). The predicted molar refractivity (Wildman–Crippen MR) is 73.4 cm³/mol. The van der Waals surface area contributed by atoms with Gasteiger partial charge in [0.1, 0.15) is 5.78 Å². The summed E-state index contributed by atoms with van der Waals surface area (Å²) in [4.78, 5) is 22.6. The lowest BCUT2D eigenvalue weighted by Gasteiger charge is -2.02. The molecule has 0 aliphatic rings. The van der Waals surface area contributed by atoms with Crippen molar-refractivity contribution in [1.29, 1.82) is 0 Å². The summed E-state index contributed by atoms with van der Waals surface area (Å²) in [6, 6.07) is 0. The number of hydrogen-bond acceptors (Lipinski definition) is 3. The van der Waals surface area contributed by atoms with Crippen molar-refractivity contribution in [3.8, 4) is 0 Å². The van der Waals surface area contributed by atoms with Gasteiger partial charge in [0.15, 0.2) is 0 Å². The second-order valence-corrected chi connectivity index (χ2v) is 4.72. The highest BCUT2D eigenvalue weighted by atomic mass is 16.5. The van der Waals surface area contributed by atoms with Gasteiger partial charge in [-0.05, 0) is 40.0 Å². The van der Waals surface area contributed by atoms with E-state index in [1.807, 2.05) is 20.8 Å². The van der Waals surface area contributed by atoms with Crippen LogP contribution in [-0.4, -0.2) is 18.4 Å². The predicted octanol–water partition coefficient (Wildman–Crippen LogP) is 3.82. The van der Waals surface area contributed by atoms with Gasteiger partial charge in [-0.1, -0.05) is 18.1 Å². The van der Waals surface area contributed by atoms with Crippen molar-refractivity contribution in [3.05, 3.63) is 11.6 Å². The van der Waals surface area contributed by atoms with Gasteiger partial charge in [0.05, 0.1) is 6.61 Å². The Bertz CT molecular complexity index is 275. The van der Waals surface area contributed by atoms with Gasteiger partial charge >= 0.3 is 5.97 Å². The van der Waals surface area contributed by atoms with E-state index in [0.717, 1.165) is 25.7 Å². The van der Waals surface area contributed by atoms with Gasteiger partial charge in [-0.25, -0.2) is 0 Å². The Morgan fingerprint density at radius 1 is 1.00 bits per heavy atom. The molecule has 0 spiro atoms. The van der Waals surface area contributed by atoms with Crippen LogP contribution in [0.4, 0.5) is 0 Å². The monoisotopic (exact) mass is 254 g/mol. The van der Waals surface area contributed by atoms with Crippen LogP contribution in [0.1, 0.15) is 65.7 Å². The van der Waals surface area contributed by atoms with E-state index < -0.39 is 0 Å². The van der Waals surface area contributed by atoms with E-state index in [1.165, 1.54) is 5.57 Å². The number of unbranched alkanes of at least 4 members (excludes halogenated alkanes) is 2. The van der Waals surface area contributed by atoms with E-state index in [9.17, 15) is 9.59 Å². The molecule has 3 heteroatoms. The van der Waals surface area contributed by atoms with E-state index >= 15 is 0 Å². The Hall–Kier alpha value is -1.12. The van der Waals surface area contributed by atoms with Crippen molar-refractivity contribution >= 4 is 11.8 Å². The molecule has 0 amide bonds. The van der Waals surface area contributed by atoms with Gasteiger partial charge in [0, 0.05) is 19.3 Å². The number of Topliss-reactive ketones (excluding diaryl/α,β-unsaturated/α-hetero) is 1. The molecule has 104 valence electrons. The lowest BCUT2D eigenvalue weighted by molar-refractivity contribution is -0.143. The van der Waals surface area contributed by atoms with Gasteiger partial charge in [-0.2, -0.15) is 0 Å². The van der Waals surface area contributed by atoms with Gasteiger partial charge in [-0.15, -0.1) is 0 Å². The lowest BCUT2D eigenvalue weighted by Crippen LogP contribution is -2.03. The van der Waals surface area contributed by atoms with Crippen LogP contribution in [0.2, 0.25) is 0 Å². The lowest BCUT2D eigenvalue weighted by atomic mass is 10.1. The summed E-state index contributed by atoms with van der Waals surface area (Å²) >= 11 is 0. The number of allylic oxidation sites excluding steroid dienone is 2. The number of carbonyl (C=O) groups excluding carboxylic acids is 2. The molecule has 0 saturated heterocycles. The molecule has 0 radical (unpaired) electrons. The molecule has 0 fully saturated rings. The molecule has 0 aromatic carbocycles.